The Balaban J connectivity index is 2.40. The van der Waals surface area contributed by atoms with Crippen LogP contribution < -0.4 is 0 Å². The van der Waals surface area contributed by atoms with Gasteiger partial charge in [0.25, 0.3) is 0 Å². The number of azo groups is 1. The van der Waals surface area contributed by atoms with Crippen LogP contribution in [0.15, 0.2) is 34.5 Å². The van der Waals surface area contributed by atoms with E-state index in [4.69, 9.17) is 10.2 Å². The van der Waals surface area contributed by atoms with Gasteiger partial charge in [0.05, 0.1) is 0 Å². The Morgan fingerprint density at radius 1 is 0.500 bits per heavy atom. The van der Waals surface area contributed by atoms with E-state index < -0.39 is 34.5 Å². The molecule has 2 aromatic carbocycles. The third-order valence-corrected chi connectivity index (χ3v) is 2.48. The van der Waals surface area contributed by atoms with Crippen LogP contribution in [0.5, 0.6) is 34.5 Å². The summed E-state index contributed by atoms with van der Waals surface area (Å²) in [7, 11) is 0. The van der Waals surface area contributed by atoms with Crippen molar-refractivity contribution in [2.24, 2.45) is 10.2 Å². The van der Waals surface area contributed by atoms with E-state index in [1.54, 1.807) is 0 Å². The highest BCUT2D eigenvalue weighted by molar-refractivity contribution is 5.65. The fourth-order valence-corrected chi connectivity index (χ4v) is 1.39. The number of hydrogen-bond acceptors (Lipinski definition) is 8. The van der Waals surface area contributed by atoms with E-state index >= 15 is 0 Å². The standard InChI is InChI=1S/C12H10N2O6/c15-7-3-1-5(9(17)11(7)19)13-14-6-2-4-8(16)12(20)10(6)18/h1-4,15-20H. The molecule has 0 fully saturated rings. The Kier molecular flexibility index (Phi) is 3.21. The van der Waals surface area contributed by atoms with Crippen LogP contribution in [0, 0.1) is 0 Å². The summed E-state index contributed by atoms with van der Waals surface area (Å²) in [6.45, 7) is 0. The van der Waals surface area contributed by atoms with E-state index in [1.165, 1.54) is 12.1 Å². The zero-order chi connectivity index (χ0) is 14.9. The molecule has 2 rings (SSSR count). The highest BCUT2D eigenvalue weighted by Crippen LogP contribution is 2.44. The zero-order valence-corrected chi connectivity index (χ0v) is 9.89. The molecule has 0 amide bonds. The minimum absolute atomic E-state index is 0.160. The van der Waals surface area contributed by atoms with Gasteiger partial charge in [0.1, 0.15) is 11.4 Å². The highest BCUT2D eigenvalue weighted by Gasteiger charge is 2.13. The first kappa shape index (κ1) is 13.3. The molecule has 0 aliphatic heterocycles. The van der Waals surface area contributed by atoms with Crippen molar-refractivity contribution in [1.29, 1.82) is 0 Å². The van der Waals surface area contributed by atoms with Gasteiger partial charge in [0, 0.05) is 0 Å². The fraction of sp³-hybridized carbons (Fsp3) is 0. The number of aromatic hydroxyl groups is 6. The topological polar surface area (TPSA) is 146 Å². The molecule has 0 saturated carbocycles. The van der Waals surface area contributed by atoms with Gasteiger partial charge in [-0.25, -0.2) is 0 Å². The van der Waals surface area contributed by atoms with E-state index in [0.29, 0.717) is 0 Å². The molecule has 0 aliphatic carbocycles. The number of phenolic OH excluding ortho intramolecular Hbond substituents is 6. The quantitative estimate of drug-likeness (QED) is 0.367. The first-order valence-corrected chi connectivity index (χ1v) is 5.31. The predicted octanol–water partition coefficient (Wildman–Crippen LogP) is 2.34. The van der Waals surface area contributed by atoms with Crippen LogP contribution in [0.1, 0.15) is 0 Å². The van der Waals surface area contributed by atoms with Crippen molar-refractivity contribution >= 4 is 11.4 Å². The lowest BCUT2D eigenvalue weighted by atomic mass is 10.2. The van der Waals surface area contributed by atoms with Gasteiger partial charge in [-0.15, -0.1) is 10.2 Å². The molecule has 0 spiro atoms. The van der Waals surface area contributed by atoms with E-state index in [9.17, 15) is 20.4 Å². The lowest BCUT2D eigenvalue weighted by molar-refractivity contribution is 0.368. The van der Waals surface area contributed by atoms with E-state index in [2.05, 4.69) is 10.2 Å². The summed E-state index contributed by atoms with van der Waals surface area (Å²) in [6.07, 6.45) is 0. The Labute approximate surface area is 112 Å². The summed E-state index contributed by atoms with van der Waals surface area (Å²) in [5, 5.41) is 63.0. The molecule has 0 bridgehead atoms. The first-order chi connectivity index (χ1) is 9.41. The van der Waals surface area contributed by atoms with Crippen LogP contribution in [-0.2, 0) is 0 Å². The number of rotatable bonds is 2. The zero-order valence-electron chi connectivity index (χ0n) is 9.89. The molecule has 104 valence electrons. The normalized spacial score (nSPS) is 11.0. The molecule has 20 heavy (non-hydrogen) atoms. The van der Waals surface area contributed by atoms with Gasteiger partial charge in [0.15, 0.2) is 23.0 Å². The van der Waals surface area contributed by atoms with Crippen LogP contribution in [0.4, 0.5) is 11.4 Å². The number of hydrogen-bond donors (Lipinski definition) is 6. The molecule has 2 aromatic rings. The second kappa shape index (κ2) is 4.84. The van der Waals surface area contributed by atoms with Gasteiger partial charge in [-0.1, -0.05) is 0 Å². The molecule has 8 heteroatoms. The van der Waals surface area contributed by atoms with Gasteiger partial charge in [0.2, 0.25) is 11.5 Å². The number of phenols is 6. The Hall–Kier alpha value is -3.16. The summed E-state index contributed by atoms with van der Waals surface area (Å²) in [6, 6.07) is 4.56. The molecule has 0 aliphatic rings. The summed E-state index contributed by atoms with van der Waals surface area (Å²) >= 11 is 0. The van der Waals surface area contributed by atoms with Gasteiger partial charge in [-0.05, 0) is 24.3 Å². The lowest BCUT2D eigenvalue weighted by Gasteiger charge is -2.04. The maximum Gasteiger partial charge on any atom is 0.202 e. The van der Waals surface area contributed by atoms with Gasteiger partial charge >= 0.3 is 0 Å². The summed E-state index contributed by atoms with van der Waals surface area (Å²) in [5.41, 5.74) is -0.320. The van der Waals surface area contributed by atoms with Crippen molar-refractivity contribution in [2.45, 2.75) is 0 Å². The fourth-order valence-electron chi connectivity index (χ4n) is 1.39. The molecule has 0 atom stereocenters. The Morgan fingerprint density at radius 3 is 1.20 bits per heavy atom. The summed E-state index contributed by atoms with van der Waals surface area (Å²) in [5.74, 6) is -3.91. The van der Waals surface area contributed by atoms with Crippen LogP contribution in [0.3, 0.4) is 0 Å². The molecule has 0 heterocycles. The van der Waals surface area contributed by atoms with Crippen molar-refractivity contribution < 1.29 is 30.6 Å². The van der Waals surface area contributed by atoms with Crippen molar-refractivity contribution in [3.63, 3.8) is 0 Å². The minimum atomic E-state index is -0.751. The molecule has 0 saturated heterocycles. The molecular formula is C12H10N2O6. The SMILES string of the molecule is Oc1ccc(N=Nc2ccc(O)c(O)c2O)c(O)c1O. The van der Waals surface area contributed by atoms with E-state index in [-0.39, 0.29) is 11.4 Å². The minimum Gasteiger partial charge on any atom is -0.504 e. The van der Waals surface area contributed by atoms with Gasteiger partial charge < -0.3 is 30.6 Å². The second-order valence-corrected chi connectivity index (χ2v) is 3.80. The lowest BCUT2D eigenvalue weighted by Crippen LogP contribution is -1.74. The number of nitrogens with zero attached hydrogens (tertiary/aromatic N) is 2. The molecule has 0 unspecified atom stereocenters. The van der Waals surface area contributed by atoms with Crippen molar-refractivity contribution in [3.8, 4) is 34.5 Å². The molecule has 8 nitrogen and oxygen atoms in total. The van der Waals surface area contributed by atoms with Crippen LogP contribution >= 0.6 is 0 Å². The second-order valence-electron chi connectivity index (χ2n) is 3.80. The van der Waals surface area contributed by atoms with Gasteiger partial charge in [-0.3, -0.25) is 0 Å². The molecular weight excluding hydrogens is 268 g/mol. The summed E-state index contributed by atoms with van der Waals surface area (Å²) in [4.78, 5) is 0. The average molecular weight is 278 g/mol. The molecule has 6 N–H and O–H groups in total. The van der Waals surface area contributed by atoms with Crippen molar-refractivity contribution in [1.82, 2.24) is 0 Å². The Bertz CT molecular complexity index is 639. The monoisotopic (exact) mass is 278 g/mol. The van der Waals surface area contributed by atoms with Crippen LogP contribution in [0.25, 0.3) is 0 Å². The largest absolute Gasteiger partial charge is 0.504 e. The number of benzene rings is 2. The van der Waals surface area contributed by atoms with E-state index in [0.717, 1.165) is 12.1 Å². The summed E-state index contributed by atoms with van der Waals surface area (Å²) < 4.78 is 0. The highest BCUT2D eigenvalue weighted by atomic mass is 16.3. The first-order valence-electron chi connectivity index (χ1n) is 5.31. The maximum atomic E-state index is 9.51. The smallest absolute Gasteiger partial charge is 0.202 e. The maximum absolute atomic E-state index is 9.51. The van der Waals surface area contributed by atoms with Crippen LogP contribution in [0.2, 0.25) is 0 Å². The van der Waals surface area contributed by atoms with Crippen LogP contribution in [-0.4, -0.2) is 30.6 Å². The van der Waals surface area contributed by atoms with Crippen molar-refractivity contribution in [3.05, 3.63) is 24.3 Å². The predicted molar refractivity (Wildman–Crippen MR) is 67.0 cm³/mol. The van der Waals surface area contributed by atoms with Crippen molar-refractivity contribution in [2.75, 3.05) is 0 Å². The molecule has 0 radical (unpaired) electrons. The average Bonchev–Trinajstić information content (AvgIpc) is 2.43. The van der Waals surface area contributed by atoms with Gasteiger partial charge in [-0.2, -0.15) is 0 Å². The third-order valence-electron chi connectivity index (χ3n) is 2.48. The van der Waals surface area contributed by atoms with E-state index in [1.807, 2.05) is 0 Å². The molecule has 0 aromatic heterocycles. The third kappa shape index (κ3) is 2.21. The Morgan fingerprint density at radius 2 is 0.850 bits per heavy atom.